The van der Waals surface area contributed by atoms with Gasteiger partial charge in [-0.3, -0.25) is 14.5 Å². The van der Waals surface area contributed by atoms with Crippen molar-refractivity contribution in [3.63, 3.8) is 0 Å². The number of fused-ring (bicyclic) bond motifs is 1. The van der Waals surface area contributed by atoms with Gasteiger partial charge in [0.25, 0.3) is 0 Å². The maximum Gasteiger partial charge on any atom is 0.491 e. The Morgan fingerprint density at radius 1 is 1.06 bits per heavy atom. The average molecular weight is 499 g/mol. The van der Waals surface area contributed by atoms with Gasteiger partial charge >= 0.3 is 12.1 Å². The van der Waals surface area contributed by atoms with Crippen molar-refractivity contribution < 1.29 is 41.1 Å². The zero-order valence-corrected chi connectivity index (χ0v) is 18.6. The Labute approximate surface area is 197 Å². The van der Waals surface area contributed by atoms with Gasteiger partial charge in [-0.2, -0.15) is 13.2 Å². The number of anilines is 1. The van der Waals surface area contributed by atoms with Crippen molar-refractivity contribution >= 4 is 23.5 Å². The van der Waals surface area contributed by atoms with Crippen LogP contribution in [0.4, 0.5) is 27.6 Å². The third kappa shape index (κ3) is 5.42. The first-order chi connectivity index (χ1) is 16.3. The second-order valence-corrected chi connectivity index (χ2v) is 8.28. The molecule has 0 spiro atoms. The predicted molar refractivity (Wildman–Crippen MR) is 113 cm³/mol. The van der Waals surface area contributed by atoms with Crippen molar-refractivity contribution in [2.75, 3.05) is 5.32 Å². The highest BCUT2D eigenvalue weighted by molar-refractivity contribution is 5.99. The molecule has 0 fully saturated rings. The Morgan fingerprint density at radius 2 is 1.66 bits per heavy atom. The smallest absolute Gasteiger partial charge is 0.430 e. The zero-order valence-electron chi connectivity index (χ0n) is 18.6. The standard InChI is InChI=1S/C23H22F5N3O4/c1-11(2)17(29)20(33)31-16(19(32)30-18-14(24)8-5-9-15(18)25)10-12-6-3-4-7-13(12)21(31)35-22(34)23(26,27)28/h3-9,11,16-17,21H,10,29H2,1-2H3,(H,30,32)/t16-,17-,21?/m0/s1. The second kappa shape index (κ2) is 9.98. The fraction of sp³-hybridized carbons (Fsp3) is 0.348. The van der Waals surface area contributed by atoms with E-state index in [1.54, 1.807) is 13.8 Å². The molecular weight excluding hydrogens is 477 g/mol. The summed E-state index contributed by atoms with van der Waals surface area (Å²) in [5.41, 5.74) is 5.48. The van der Waals surface area contributed by atoms with Crippen LogP contribution in [0, 0.1) is 17.6 Å². The van der Waals surface area contributed by atoms with Gasteiger partial charge in [-0.1, -0.05) is 44.2 Å². The lowest BCUT2D eigenvalue weighted by Gasteiger charge is -2.42. The third-order valence-electron chi connectivity index (χ3n) is 5.54. The lowest BCUT2D eigenvalue weighted by Crippen LogP contribution is -2.59. The van der Waals surface area contributed by atoms with Crippen molar-refractivity contribution in [3.05, 3.63) is 65.2 Å². The third-order valence-corrected chi connectivity index (χ3v) is 5.54. The van der Waals surface area contributed by atoms with Crippen LogP contribution >= 0.6 is 0 Å². The van der Waals surface area contributed by atoms with E-state index in [2.05, 4.69) is 4.74 Å². The summed E-state index contributed by atoms with van der Waals surface area (Å²) in [6.07, 6.45) is -7.60. The van der Waals surface area contributed by atoms with Gasteiger partial charge in [-0.15, -0.1) is 0 Å². The highest BCUT2D eigenvalue weighted by Gasteiger charge is 2.49. The van der Waals surface area contributed by atoms with Crippen LogP contribution in [0.25, 0.3) is 0 Å². The summed E-state index contributed by atoms with van der Waals surface area (Å²) in [4.78, 5) is 38.9. The van der Waals surface area contributed by atoms with Crippen molar-refractivity contribution in [3.8, 4) is 0 Å². The number of halogens is 5. The van der Waals surface area contributed by atoms with Crippen LogP contribution in [0.2, 0.25) is 0 Å². The minimum atomic E-state index is -5.39. The van der Waals surface area contributed by atoms with E-state index in [0.29, 0.717) is 10.5 Å². The van der Waals surface area contributed by atoms with E-state index in [-0.39, 0.29) is 12.0 Å². The van der Waals surface area contributed by atoms with Gasteiger partial charge in [0, 0.05) is 12.0 Å². The summed E-state index contributed by atoms with van der Waals surface area (Å²) >= 11 is 0. The molecule has 0 saturated carbocycles. The molecule has 2 amide bonds. The van der Waals surface area contributed by atoms with Gasteiger partial charge in [0.05, 0.1) is 6.04 Å². The first-order valence-corrected chi connectivity index (χ1v) is 10.5. The van der Waals surface area contributed by atoms with Crippen molar-refractivity contribution in [1.29, 1.82) is 0 Å². The fourth-order valence-electron chi connectivity index (χ4n) is 3.64. The van der Waals surface area contributed by atoms with E-state index in [1.165, 1.54) is 24.3 Å². The van der Waals surface area contributed by atoms with E-state index >= 15 is 0 Å². The van der Waals surface area contributed by atoms with Crippen LogP contribution in [0.5, 0.6) is 0 Å². The number of para-hydroxylation sites is 1. The summed E-state index contributed by atoms with van der Waals surface area (Å²) in [7, 11) is 0. The molecule has 1 aliphatic heterocycles. The molecular formula is C23H22F5N3O4. The molecule has 7 nitrogen and oxygen atoms in total. The predicted octanol–water partition coefficient (Wildman–Crippen LogP) is 3.44. The number of nitrogens with two attached hydrogens (primary N) is 1. The number of hydrogen-bond acceptors (Lipinski definition) is 5. The number of ether oxygens (including phenoxy) is 1. The average Bonchev–Trinajstić information content (AvgIpc) is 2.79. The van der Waals surface area contributed by atoms with E-state index in [9.17, 15) is 36.3 Å². The number of esters is 1. The van der Waals surface area contributed by atoms with E-state index in [0.717, 1.165) is 18.2 Å². The van der Waals surface area contributed by atoms with Gasteiger partial charge in [0.1, 0.15) is 23.4 Å². The molecule has 1 aliphatic rings. The summed E-state index contributed by atoms with van der Waals surface area (Å²) in [6.45, 7) is 3.14. The van der Waals surface area contributed by atoms with Crippen LogP contribution in [0.15, 0.2) is 42.5 Å². The summed E-state index contributed by atoms with van der Waals surface area (Å²) in [6, 6.07) is 5.76. The molecule has 3 N–H and O–H groups in total. The number of alkyl halides is 3. The molecule has 1 heterocycles. The van der Waals surface area contributed by atoms with E-state index in [1.807, 2.05) is 5.32 Å². The van der Waals surface area contributed by atoms with Crippen LogP contribution in [-0.2, 0) is 25.5 Å². The number of amides is 2. The van der Waals surface area contributed by atoms with Crippen molar-refractivity contribution in [2.24, 2.45) is 11.7 Å². The Balaban J connectivity index is 2.11. The zero-order chi connectivity index (χ0) is 26.1. The largest absolute Gasteiger partial charge is 0.491 e. The number of carbonyl (C=O) groups excluding carboxylic acids is 3. The topological polar surface area (TPSA) is 102 Å². The number of rotatable bonds is 5. The highest BCUT2D eigenvalue weighted by atomic mass is 19.4. The molecule has 0 saturated heterocycles. The first kappa shape index (κ1) is 26.1. The molecule has 0 aromatic heterocycles. The minimum absolute atomic E-state index is 0.0375. The Kier molecular flexibility index (Phi) is 7.44. The van der Waals surface area contributed by atoms with Crippen molar-refractivity contribution in [2.45, 2.75) is 44.8 Å². The van der Waals surface area contributed by atoms with Crippen LogP contribution in [0.1, 0.15) is 31.2 Å². The lowest BCUT2D eigenvalue weighted by atomic mass is 9.90. The van der Waals surface area contributed by atoms with Gasteiger partial charge < -0.3 is 15.8 Å². The minimum Gasteiger partial charge on any atom is -0.430 e. The van der Waals surface area contributed by atoms with Gasteiger partial charge in [0.2, 0.25) is 18.0 Å². The normalized spacial score (nSPS) is 18.6. The molecule has 35 heavy (non-hydrogen) atoms. The Morgan fingerprint density at radius 3 is 2.23 bits per heavy atom. The van der Waals surface area contributed by atoms with Gasteiger partial charge in [0.15, 0.2) is 0 Å². The van der Waals surface area contributed by atoms with Crippen LogP contribution in [-0.4, -0.2) is 40.9 Å². The van der Waals surface area contributed by atoms with Crippen LogP contribution < -0.4 is 11.1 Å². The second-order valence-electron chi connectivity index (χ2n) is 8.28. The molecule has 3 atom stereocenters. The molecule has 0 radical (unpaired) electrons. The number of benzene rings is 2. The molecule has 1 unspecified atom stereocenters. The van der Waals surface area contributed by atoms with Crippen molar-refractivity contribution in [1.82, 2.24) is 4.90 Å². The van der Waals surface area contributed by atoms with E-state index in [4.69, 9.17) is 5.73 Å². The molecule has 12 heteroatoms. The number of carbonyl (C=O) groups is 3. The number of nitrogens with zero attached hydrogens (tertiary/aromatic N) is 1. The molecule has 0 bridgehead atoms. The molecule has 0 aliphatic carbocycles. The summed E-state index contributed by atoms with van der Waals surface area (Å²) in [5.74, 6) is -7.40. The first-order valence-electron chi connectivity index (χ1n) is 10.5. The number of hydrogen-bond donors (Lipinski definition) is 2. The maximum absolute atomic E-state index is 14.1. The van der Waals surface area contributed by atoms with E-state index < -0.39 is 65.5 Å². The lowest BCUT2D eigenvalue weighted by molar-refractivity contribution is -0.216. The SMILES string of the molecule is CC(C)[C@H](N)C(=O)N1C(OC(=O)C(F)(F)F)c2ccccc2C[C@H]1C(=O)Nc1c(F)cccc1F. The summed E-state index contributed by atoms with van der Waals surface area (Å²) in [5, 5.41) is 2.05. The fourth-order valence-corrected chi connectivity index (χ4v) is 3.64. The maximum atomic E-state index is 14.1. The highest BCUT2D eigenvalue weighted by Crippen LogP contribution is 2.37. The van der Waals surface area contributed by atoms with Gasteiger partial charge in [-0.05, 0) is 23.6 Å². The molecule has 2 aromatic rings. The Hall–Kier alpha value is -3.54. The molecule has 3 rings (SSSR count). The molecule has 188 valence electrons. The Bertz CT molecular complexity index is 1120. The van der Waals surface area contributed by atoms with Gasteiger partial charge in [-0.25, -0.2) is 13.6 Å². The molecule has 2 aromatic carbocycles. The number of nitrogens with one attached hydrogen (secondary N) is 1. The summed E-state index contributed by atoms with van der Waals surface area (Å²) < 4.78 is 72.1. The monoisotopic (exact) mass is 499 g/mol. The van der Waals surface area contributed by atoms with Crippen LogP contribution in [0.3, 0.4) is 0 Å². The quantitative estimate of drug-likeness (QED) is 0.485.